The number of aryl methyl sites for hydroxylation is 1. The molecule has 43 heavy (non-hydrogen) atoms. The van der Waals surface area contributed by atoms with E-state index in [1.807, 2.05) is 20.8 Å². The number of anilines is 1. The predicted molar refractivity (Wildman–Crippen MR) is 160 cm³/mol. The second-order valence-corrected chi connectivity index (χ2v) is 12.7. The van der Waals surface area contributed by atoms with Gasteiger partial charge in [-0.15, -0.1) is 5.10 Å². The van der Waals surface area contributed by atoms with E-state index < -0.39 is 41.0 Å². The Balaban J connectivity index is 1.63. The number of hydrogen-bond donors (Lipinski definition) is 2. The number of amides is 1. The van der Waals surface area contributed by atoms with Crippen LogP contribution in [0.4, 0.5) is 14.5 Å². The smallest absolute Gasteiger partial charge is 0.242 e. The molecule has 8 nitrogen and oxygen atoms in total. The Hall–Kier alpha value is -3.91. The molecule has 1 aliphatic rings. The van der Waals surface area contributed by atoms with Crippen molar-refractivity contribution in [2.24, 2.45) is 12.5 Å². The first-order valence-electron chi connectivity index (χ1n) is 13.6. The Morgan fingerprint density at radius 2 is 1.86 bits per heavy atom. The molecule has 2 unspecified atom stereocenters. The Morgan fingerprint density at radius 3 is 2.47 bits per heavy atom. The van der Waals surface area contributed by atoms with Crippen LogP contribution in [0.5, 0.6) is 0 Å². The zero-order chi connectivity index (χ0) is 31.1. The average molecular weight is 625 g/mol. The standard InChI is InChI=1S/C31H29Cl2F2N7O/c1-30(2,3)15-24-31(16-36,21-13-10-18(32)14-23(21)34)25(20-6-5-7-22(33)26(20)35)27(38-24)29(43)37-19-11-8-17(9-12-19)28-39-40-41-42(28)4/h5-14,24-25,27,38H,15H2,1-4H3,(H,37,43)/t24?,25?,27-,31+/m1/s1. The van der Waals surface area contributed by atoms with Crippen molar-refractivity contribution < 1.29 is 13.6 Å². The van der Waals surface area contributed by atoms with Gasteiger partial charge in [0.1, 0.15) is 17.0 Å². The van der Waals surface area contributed by atoms with Gasteiger partial charge in [-0.25, -0.2) is 13.5 Å². The number of aromatic nitrogens is 4. The first-order chi connectivity index (χ1) is 20.4. The fourth-order valence-corrected chi connectivity index (χ4v) is 6.29. The van der Waals surface area contributed by atoms with E-state index in [-0.39, 0.29) is 26.6 Å². The molecule has 2 heterocycles. The summed E-state index contributed by atoms with van der Waals surface area (Å²) in [7, 11) is 1.71. The highest BCUT2D eigenvalue weighted by Crippen LogP contribution is 2.52. The molecular formula is C31H29Cl2F2N7O. The van der Waals surface area contributed by atoms with E-state index in [0.29, 0.717) is 17.9 Å². The minimum atomic E-state index is -1.71. The molecule has 1 amide bonds. The van der Waals surface area contributed by atoms with Crippen LogP contribution in [-0.2, 0) is 17.3 Å². The lowest BCUT2D eigenvalue weighted by atomic mass is 9.62. The average Bonchev–Trinajstić information content (AvgIpc) is 3.51. The largest absolute Gasteiger partial charge is 0.325 e. The third-order valence-corrected chi connectivity index (χ3v) is 8.29. The molecule has 0 spiro atoms. The highest BCUT2D eigenvalue weighted by Gasteiger charge is 2.61. The van der Waals surface area contributed by atoms with Crippen molar-refractivity contribution in [3.05, 3.63) is 93.5 Å². The molecule has 0 aliphatic carbocycles. The summed E-state index contributed by atoms with van der Waals surface area (Å²) in [6.07, 6.45) is 0.367. The third kappa shape index (κ3) is 5.73. The number of tetrazole rings is 1. The predicted octanol–water partition coefficient (Wildman–Crippen LogP) is 6.42. The number of hydrogen-bond acceptors (Lipinski definition) is 6. The molecule has 1 aliphatic heterocycles. The summed E-state index contributed by atoms with van der Waals surface area (Å²) < 4.78 is 33.1. The number of nitrogens with zero attached hydrogens (tertiary/aromatic N) is 5. The molecule has 4 aromatic rings. The monoisotopic (exact) mass is 623 g/mol. The number of nitrogens with one attached hydrogen (secondary N) is 2. The zero-order valence-corrected chi connectivity index (χ0v) is 25.4. The van der Waals surface area contributed by atoms with Crippen LogP contribution >= 0.6 is 23.2 Å². The maximum absolute atomic E-state index is 15.8. The van der Waals surface area contributed by atoms with E-state index in [9.17, 15) is 10.1 Å². The summed E-state index contributed by atoms with van der Waals surface area (Å²) in [5.74, 6) is -2.65. The first kappa shape index (κ1) is 30.5. The molecular weight excluding hydrogens is 595 g/mol. The Bertz CT molecular complexity index is 1710. The van der Waals surface area contributed by atoms with Gasteiger partial charge in [-0.3, -0.25) is 4.79 Å². The Kier molecular flexibility index (Phi) is 8.27. The van der Waals surface area contributed by atoms with E-state index in [1.165, 1.54) is 28.9 Å². The van der Waals surface area contributed by atoms with Crippen LogP contribution in [0.3, 0.4) is 0 Å². The zero-order valence-electron chi connectivity index (χ0n) is 23.9. The molecule has 4 atom stereocenters. The number of carbonyl (C=O) groups excluding carboxylic acids is 1. The highest BCUT2D eigenvalue weighted by molar-refractivity contribution is 6.31. The summed E-state index contributed by atoms with van der Waals surface area (Å²) in [5, 5.41) is 28.6. The minimum absolute atomic E-state index is 0.0162. The number of carbonyl (C=O) groups is 1. The van der Waals surface area contributed by atoms with Crippen LogP contribution < -0.4 is 10.6 Å². The van der Waals surface area contributed by atoms with Crippen LogP contribution in [-0.4, -0.2) is 38.2 Å². The third-order valence-electron chi connectivity index (χ3n) is 7.76. The molecule has 1 fully saturated rings. The van der Waals surface area contributed by atoms with Crippen molar-refractivity contribution in [3.63, 3.8) is 0 Å². The second-order valence-electron chi connectivity index (χ2n) is 11.9. The molecule has 0 saturated carbocycles. The van der Waals surface area contributed by atoms with Gasteiger partial charge in [0.15, 0.2) is 5.82 Å². The fourth-order valence-electron chi connectivity index (χ4n) is 5.95. The lowest BCUT2D eigenvalue weighted by molar-refractivity contribution is -0.118. The summed E-state index contributed by atoms with van der Waals surface area (Å²) in [6, 6.07) is 15.8. The van der Waals surface area contributed by atoms with Gasteiger partial charge in [0, 0.05) is 40.8 Å². The molecule has 0 radical (unpaired) electrons. The summed E-state index contributed by atoms with van der Waals surface area (Å²) >= 11 is 12.3. The van der Waals surface area contributed by atoms with Crippen molar-refractivity contribution in [2.45, 2.75) is 50.6 Å². The van der Waals surface area contributed by atoms with Crippen LogP contribution in [0.2, 0.25) is 10.0 Å². The Morgan fingerprint density at radius 1 is 1.14 bits per heavy atom. The van der Waals surface area contributed by atoms with Crippen LogP contribution in [0.1, 0.15) is 44.2 Å². The van der Waals surface area contributed by atoms with Gasteiger partial charge in [-0.2, -0.15) is 5.26 Å². The maximum atomic E-state index is 15.8. The summed E-state index contributed by atoms with van der Waals surface area (Å²) in [6.45, 7) is 5.93. The van der Waals surface area contributed by atoms with Gasteiger partial charge >= 0.3 is 0 Å². The van der Waals surface area contributed by atoms with Crippen molar-refractivity contribution in [3.8, 4) is 17.5 Å². The van der Waals surface area contributed by atoms with Crippen LogP contribution in [0.15, 0.2) is 60.7 Å². The van der Waals surface area contributed by atoms with Gasteiger partial charge in [0.25, 0.3) is 0 Å². The van der Waals surface area contributed by atoms with E-state index in [2.05, 4.69) is 32.2 Å². The van der Waals surface area contributed by atoms with Gasteiger partial charge in [0.2, 0.25) is 5.91 Å². The SMILES string of the molecule is Cn1nnnc1-c1ccc(NC(=O)[C@@H]2NC(CC(C)(C)C)[C@](C#N)(c3ccc(Cl)cc3F)C2c2cccc(Cl)c2F)cc1. The summed E-state index contributed by atoms with van der Waals surface area (Å²) in [5.41, 5.74) is -0.834. The van der Waals surface area contributed by atoms with E-state index in [0.717, 1.165) is 11.6 Å². The van der Waals surface area contributed by atoms with Gasteiger partial charge in [-0.1, -0.05) is 62.2 Å². The molecule has 222 valence electrons. The summed E-state index contributed by atoms with van der Waals surface area (Å²) in [4.78, 5) is 14.1. The van der Waals surface area contributed by atoms with Crippen molar-refractivity contribution in [2.75, 3.05) is 5.32 Å². The second kappa shape index (κ2) is 11.6. The number of rotatable bonds is 6. The van der Waals surface area contributed by atoms with Crippen molar-refractivity contribution in [1.82, 2.24) is 25.5 Å². The van der Waals surface area contributed by atoms with Crippen molar-refractivity contribution >= 4 is 34.8 Å². The van der Waals surface area contributed by atoms with E-state index >= 15 is 8.78 Å². The van der Waals surface area contributed by atoms with Crippen LogP contribution in [0, 0.1) is 28.4 Å². The first-order valence-corrected chi connectivity index (χ1v) is 14.3. The van der Waals surface area contributed by atoms with E-state index in [1.54, 1.807) is 37.4 Å². The van der Waals surface area contributed by atoms with Crippen LogP contribution in [0.25, 0.3) is 11.4 Å². The van der Waals surface area contributed by atoms with Gasteiger partial charge in [0.05, 0.1) is 17.1 Å². The van der Waals surface area contributed by atoms with E-state index in [4.69, 9.17) is 23.2 Å². The molecule has 5 rings (SSSR count). The lowest BCUT2D eigenvalue weighted by Gasteiger charge is -2.37. The normalized spacial score (nSPS) is 21.9. The fraction of sp³-hybridized carbons (Fsp3) is 0.323. The number of benzene rings is 3. The van der Waals surface area contributed by atoms with Crippen molar-refractivity contribution in [1.29, 1.82) is 5.26 Å². The Labute approximate surface area is 258 Å². The lowest BCUT2D eigenvalue weighted by Crippen LogP contribution is -2.45. The number of nitriles is 1. The molecule has 2 N–H and O–H groups in total. The maximum Gasteiger partial charge on any atom is 0.242 e. The minimum Gasteiger partial charge on any atom is -0.325 e. The van der Waals surface area contributed by atoms with Gasteiger partial charge < -0.3 is 10.6 Å². The molecule has 3 aromatic carbocycles. The highest BCUT2D eigenvalue weighted by atomic mass is 35.5. The molecule has 12 heteroatoms. The molecule has 1 aromatic heterocycles. The number of halogens is 4. The molecule has 0 bridgehead atoms. The molecule has 1 saturated heterocycles. The topological polar surface area (TPSA) is 109 Å². The quantitative estimate of drug-likeness (QED) is 0.256. The van der Waals surface area contributed by atoms with Gasteiger partial charge in [-0.05, 0) is 70.3 Å².